The summed E-state index contributed by atoms with van der Waals surface area (Å²) in [6, 6.07) is 0. The van der Waals surface area contributed by atoms with Gasteiger partial charge in [0.2, 0.25) is 5.95 Å². The SMILES string of the molecule is C/C=C\Cn1c(=O)c2c(nc3n2CC(C)=NN3CCCO)n(C)c1=O. The maximum absolute atomic E-state index is 12.9. The van der Waals surface area contributed by atoms with Crippen molar-refractivity contribution in [2.75, 3.05) is 18.2 Å². The van der Waals surface area contributed by atoms with Crippen LogP contribution in [0.4, 0.5) is 5.95 Å². The summed E-state index contributed by atoms with van der Waals surface area (Å²) in [6.07, 6.45) is 4.10. The first kappa shape index (κ1) is 17.2. The van der Waals surface area contributed by atoms with Gasteiger partial charge in [0.25, 0.3) is 5.56 Å². The summed E-state index contributed by atoms with van der Waals surface area (Å²) in [5, 5.41) is 15.2. The molecular weight excluding hydrogens is 324 g/mol. The van der Waals surface area contributed by atoms with Gasteiger partial charge in [-0.25, -0.2) is 9.80 Å². The molecule has 0 aliphatic carbocycles. The van der Waals surface area contributed by atoms with E-state index >= 15 is 0 Å². The normalized spacial score (nSPS) is 14.4. The van der Waals surface area contributed by atoms with Crippen LogP contribution in [0.2, 0.25) is 0 Å². The summed E-state index contributed by atoms with van der Waals surface area (Å²) in [7, 11) is 1.61. The van der Waals surface area contributed by atoms with Gasteiger partial charge in [0.15, 0.2) is 11.2 Å². The Hall–Kier alpha value is -2.68. The molecule has 0 saturated carbocycles. The lowest BCUT2D eigenvalue weighted by atomic mass is 10.3. The van der Waals surface area contributed by atoms with Crippen LogP contribution >= 0.6 is 0 Å². The number of allylic oxidation sites excluding steroid dienone is 2. The lowest BCUT2D eigenvalue weighted by Gasteiger charge is -2.24. The third kappa shape index (κ3) is 2.80. The van der Waals surface area contributed by atoms with Gasteiger partial charge in [-0.15, -0.1) is 0 Å². The molecule has 1 aliphatic rings. The molecular formula is C16H22N6O3. The Morgan fingerprint density at radius 3 is 2.76 bits per heavy atom. The van der Waals surface area contributed by atoms with Gasteiger partial charge in [0, 0.05) is 26.7 Å². The molecule has 1 N–H and O–H groups in total. The first-order chi connectivity index (χ1) is 12.0. The highest BCUT2D eigenvalue weighted by atomic mass is 16.3. The number of nitrogens with zero attached hydrogens (tertiary/aromatic N) is 6. The van der Waals surface area contributed by atoms with Crippen LogP contribution in [0.1, 0.15) is 20.3 Å². The number of hydrazone groups is 1. The fraction of sp³-hybridized carbons (Fsp3) is 0.500. The van der Waals surface area contributed by atoms with Gasteiger partial charge in [0.1, 0.15) is 0 Å². The molecule has 1 aliphatic heterocycles. The van der Waals surface area contributed by atoms with Crippen LogP contribution in [0.15, 0.2) is 26.8 Å². The lowest BCUT2D eigenvalue weighted by Crippen LogP contribution is -2.39. The number of hydrogen-bond donors (Lipinski definition) is 1. The highest BCUT2D eigenvalue weighted by Crippen LogP contribution is 2.23. The summed E-state index contributed by atoms with van der Waals surface area (Å²) in [5.74, 6) is 0.518. The molecule has 2 aromatic rings. The van der Waals surface area contributed by atoms with Crippen LogP contribution in [0, 0.1) is 0 Å². The summed E-state index contributed by atoms with van der Waals surface area (Å²) in [4.78, 5) is 29.9. The number of rotatable bonds is 5. The molecule has 0 bridgehead atoms. The van der Waals surface area contributed by atoms with Crippen LogP contribution in [0.25, 0.3) is 11.2 Å². The molecule has 9 nitrogen and oxygen atoms in total. The molecule has 3 heterocycles. The number of fused-ring (bicyclic) bond motifs is 3. The summed E-state index contributed by atoms with van der Waals surface area (Å²) in [6.45, 7) is 4.91. The van der Waals surface area contributed by atoms with E-state index in [0.717, 1.165) is 5.71 Å². The van der Waals surface area contributed by atoms with E-state index in [1.165, 1.54) is 9.13 Å². The minimum atomic E-state index is -0.398. The lowest BCUT2D eigenvalue weighted by molar-refractivity contribution is 0.289. The zero-order chi connectivity index (χ0) is 18.1. The van der Waals surface area contributed by atoms with E-state index in [2.05, 4.69) is 10.1 Å². The van der Waals surface area contributed by atoms with E-state index in [4.69, 9.17) is 5.11 Å². The van der Waals surface area contributed by atoms with Gasteiger partial charge >= 0.3 is 5.69 Å². The fourth-order valence-electron chi connectivity index (χ4n) is 2.96. The predicted molar refractivity (Wildman–Crippen MR) is 96.2 cm³/mol. The maximum Gasteiger partial charge on any atom is 0.332 e. The molecule has 0 fully saturated rings. The minimum absolute atomic E-state index is 0.0416. The standard InChI is InChI=1S/C16H22N6O3/c1-4-5-7-20-14(24)12-13(19(3)16(20)25)17-15-21(12)10-11(2)18-22(15)8-6-9-23/h4-5,23H,6-10H2,1-3H3/b5-4-. The predicted octanol–water partition coefficient (Wildman–Crippen LogP) is 0.0511. The fourth-order valence-corrected chi connectivity index (χ4v) is 2.96. The second kappa shape index (κ2) is 6.67. The number of aryl methyl sites for hydroxylation is 1. The third-order valence-electron chi connectivity index (χ3n) is 4.17. The largest absolute Gasteiger partial charge is 0.396 e. The molecule has 2 aromatic heterocycles. The first-order valence-electron chi connectivity index (χ1n) is 8.23. The smallest absolute Gasteiger partial charge is 0.332 e. The van der Waals surface area contributed by atoms with Gasteiger partial charge in [0.05, 0.1) is 12.3 Å². The Balaban J connectivity index is 2.26. The molecule has 0 saturated heterocycles. The molecule has 0 amide bonds. The van der Waals surface area contributed by atoms with Crippen molar-refractivity contribution in [1.29, 1.82) is 0 Å². The van der Waals surface area contributed by atoms with Crippen molar-refractivity contribution in [1.82, 2.24) is 18.7 Å². The molecule has 0 aromatic carbocycles. The van der Waals surface area contributed by atoms with E-state index < -0.39 is 5.69 Å². The van der Waals surface area contributed by atoms with Crippen LogP contribution in [-0.2, 0) is 20.1 Å². The van der Waals surface area contributed by atoms with Crippen molar-refractivity contribution >= 4 is 22.8 Å². The number of aliphatic hydroxyl groups is 1. The van der Waals surface area contributed by atoms with Crippen LogP contribution in [0.5, 0.6) is 0 Å². The second-order valence-corrected chi connectivity index (χ2v) is 6.03. The molecule has 0 radical (unpaired) electrons. The average molecular weight is 346 g/mol. The zero-order valence-electron chi connectivity index (χ0n) is 14.6. The Labute approximate surface area is 144 Å². The maximum atomic E-state index is 12.9. The summed E-state index contributed by atoms with van der Waals surface area (Å²) < 4.78 is 4.39. The highest BCUT2D eigenvalue weighted by molar-refractivity contribution is 5.87. The Bertz CT molecular complexity index is 978. The van der Waals surface area contributed by atoms with Gasteiger partial charge < -0.3 is 5.11 Å². The van der Waals surface area contributed by atoms with Crippen molar-refractivity contribution in [2.45, 2.75) is 33.4 Å². The number of imidazole rings is 1. The topological polar surface area (TPSA) is 97.7 Å². The molecule has 9 heteroatoms. The molecule has 134 valence electrons. The number of hydrogen-bond acceptors (Lipinski definition) is 6. The average Bonchev–Trinajstić information content (AvgIpc) is 2.97. The van der Waals surface area contributed by atoms with Crippen molar-refractivity contribution in [2.24, 2.45) is 12.1 Å². The highest BCUT2D eigenvalue weighted by Gasteiger charge is 2.26. The first-order valence-corrected chi connectivity index (χ1v) is 8.23. The van der Waals surface area contributed by atoms with Crippen molar-refractivity contribution in [3.05, 3.63) is 33.0 Å². The Morgan fingerprint density at radius 2 is 2.08 bits per heavy atom. The molecule has 0 spiro atoms. The summed E-state index contributed by atoms with van der Waals surface area (Å²) in [5.41, 5.74) is 0.820. The van der Waals surface area contributed by atoms with E-state index in [-0.39, 0.29) is 18.7 Å². The second-order valence-electron chi connectivity index (χ2n) is 6.03. The number of aliphatic hydroxyl groups excluding tert-OH is 1. The molecule has 0 atom stereocenters. The van der Waals surface area contributed by atoms with Gasteiger partial charge in [-0.1, -0.05) is 12.2 Å². The van der Waals surface area contributed by atoms with Crippen molar-refractivity contribution in [3.8, 4) is 0 Å². The Kier molecular flexibility index (Phi) is 4.58. The monoisotopic (exact) mass is 346 g/mol. The molecule has 25 heavy (non-hydrogen) atoms. The van der Waals surface area contributed by atoms with Gasteiger partial charge in [-0.2, -0.15) is 10.1 Å². The Morgan fingerprint density at radius 1 is 1.32 bits per heavy atom. The summed E-state index contributed by atoms with van der Waals surface area (Å²) >= 11 is 0. The van der Waals surface area contributed by atoms with Crippen LogP contribution < -0.4 is 16.3 Å². The quantitative estimate of drug-likeness (QED) is 0.772. The molecule has 0 unspecified atom stereocenters. The van der Waals surface area contributed by atoms with Crippen molar-refractivity contribution < 1.29 is 5.11 Å². The van der Waals surface area contributed by atoms with Crippen molar-refractivity contribution in [3.63, 3.8) is 0 Å². The van der Waals surface area contributed by atoms with E-state index in [0.29, 0.717) is 36.6 Å². The third-order valence-corrected chi connectivity index (χ3v) is 4.17. The van der Waals surface area contributed by atoms with E-state index in [9.17, 15) is 9.59 Å². The van der Waals surface area contributed by atoms with Gasteiger partial charge in [-0.05, 0) is 20.3 Å². The van der Waals surface area contributed by atoms with E-state index in [1.54, 1.807) is 28.8 Å². The molecule has 3 rings (SSSR count). The number of anilines is 1. The van der Waals surface area contributed by atoms with E-state index in [1.807, 2.05) is 13.8 Å². The van der Waals surface area contributed by atoms with Gasteiger partial charge in [-0.3, -0.25) is 18.5 Å². The zero-order valence-corrected chi connectivity index (χ0v) is 14.6. The number of aromatic nitrogens is 4. The van der Waals surface area contributed by atoms with Crippen LogP contribution in [-0.4, -0.2) is 42.7 Å². The van der Waals surface area contributed by atoms with Crippen LogP contribution in [0.3, 0.4) is 0 Å². The minimum Gasteiger partial charge on any atom is -0.396 e.